The fraction of sp³-hybridized carbons (Fsp3) is 0.250. The normalized spacial score (nSPS) is 16.4. The second-order valence-corrected chi connectivity index (χ2v) is 6.44. The summed E-state index contributed by atoms with van der Waals surface area (Å²) in [6, 6.07) is 15.3. The van der Waals surface area contributed by atoms with Crippen molar-refractivity contribution >= 4 is 16.7 Å². The minimum absolute atomic E-state index is 0.0183. The highest BCUT2D eigenvalue weighted by Gasteiger charge is 2.24. The maximum Gasteiger partial charge on any atom is 0.274 e. The van der Waals surface area contributed by atoms with Crippen molar-refractivity contribution in [3.05, 3.63) is 75.7 Å². The van der Waals surface area contributed by atoms with Crippen LogP contribution >= 0.6 is 0 Å². The molecule has 1 N–H and O–H groups in total. The Morgan fingerprint density at radius 2 is 1.84 bits per heavy atom. The maximum atomic E-state index is 12.9. The molecule has 0 saturated carbocycles. The summed E-state index contributed by atoms with van der Waals surface area (Å²) in [4.78, 5) is 25.1. The Balaban J connectivity index is 1.73. The van der Waals surface area contributed by atoms with Gasteiger partial charge in [-0.25, -0.2) is 4.68 Å². The Bertz CT molecular complexity index is 1020. The van der Waals surface area contributed by atoms with Crippen LogP contribution in [0.25, 0.3) is 10.8 Å². The van der Waals surface area contributed by atoms with Crippen LogP contribution in [0.5, 0.6) is 0 Å². The van der Waals surface area contributed by atoms with Gasteiger partial charge in [-0.2, -0.15) is 5.10 Å². The Hall–Kier alpha value is -2.95. The van der Waals surface area contributed by atoms with Gasteiger partial charge in [0.2, 0.25) is 0 Å². The molecule has 0 spiro atoms. The molecular weight excluding hydrogens is 314 g/mol. The third-order valence-corrected chi connectivity index (χ3v) is 4.85. The molecule has 1 unspecified atom stereocenters. The first kappa shape index (κ1) is 15.6. The van der Waals surface area contributed by atoms with Crippen LogP contribution in [0.3, 0.4) is 0 Å². The van der Waals surface area contributed by atoms with E-state index in [2.05, 4.69) is 22.5 Å². The summed E-state index contributed by atoms with van der Waals surface area (Å²) < 4.78 is 1.23. The first-order chi connectivity index (χ1) is 12.1. The molecule has 5 nitrogen and oxygen atoms in total. The van der Waals surface area contributed by atoms with E-state index in [1.807, 2.05) is 18.2 Å². The van der Waals surface area contributed by atoms with E-state index in [0.717, 1.165) is 19.3 Å². The topological polar surface area (TPSA) is 64.0 Å². The van der Waals surface area contributed by atoms with Crippen molar-refractivity contribution in [3.63, 3.8) is 0 Å². The van der Waals surface area contributed by atoms with Gasteiger partial charge < -0.3 is 5.32 Å². The van der Waals surface area contributed by atoms with Crippen molar-refractivity contribution in [1.82, 2.24) is 15.1 Å². The summed E-state index contributed by atoms with van der Waals surface area (Å²) in [5.74, 6) is -0.242. The first-order valence-corrected chi connectivity index (χ1v) is 8.50. The number of aromatic nitrogens is 2. The minimum Gasteiger partial charge on any atom is -0.344 e. The van der Waals surface area contributed by atoms with Crippen molar-refractivity contribution in [2.45, 2.75) is 25.3 Å². The number of aryl methyl sites for hydroxylation is 2. The van der Waals surface area contributed by atoms with Crippen molar-refractivity contribution in [1.29, 1.82) is 0 Å². The molecular formula is C20H19N3O2. The Kier molecular flexibility index (Phi) is 3.84. The summed E-state index contributed by atoms with van der Waals surface area (Å²) in [6.07, 6.45) is 3.00. The number of nitrogens with one attached hydrogen (secondary N) is 1. The van der Waals surface area contributed by atoms with Crippen molar-refractivity contribution in [2.75, 3.05) is 0 Å². The quantitative estimate of drug-likeness (QED) is 0.784. The minimum atomic E-state index is -0.242. The van der Waals surface area contributed by atoms with Gasteiger partial charge in [-0.05, 0) is 36.5 Å². The van der Waals surface area contributed by atoms with Crippen molar-refractivity contribution in [3.8, 4) is 0 Å². The lowest BCUT2D eigenvalue weighted by Crippen LogP contribution is -2.33. The molecule has 1 aromatic heterocycles. The molecule has 0 saturated heterocycles. The third kappa shape index (κ3) is 2.71. The SMILES string of the molecule is Cn1nc(C(=O)NC2CCCc3ccccc32)c2ccccc2c1=O. The molecule has 4 rings (SSSR count). The van der Waals surface area contributed by atoms with Crippen LogP contribution in [0.4, 0.5) is 0 Å². The third-order valence-electron chi connectivity index (χ3n) is 4.85. The van der Waals surface area contributed by atoms with Crippen molar-refractivity contribution < 1.29 is 4.79 Å². The molecule has 1 aliphatic rings. The smallest absolute Gasteiger partial charge is 0.274 e. The van der Waals surface area contributed by atoms with E-state index in [1.54, 1.807) is 25.2 Å². The van der Waals surface area contributed by atoms with Gasteiger partial charge in [0.1, 0.15) is 0 Å². The molecule has 0 bridgehead atoms. The van der Waals surface area contributed by atoms with Gasteiger partial charge in [0.05, 0.1) is 11.4 Å². The highest BCUT2D eigenvalue weighted by molar-refractivity contribution is 6.04. The van der Waals surface area contributed by atoms with Gasteiger partial charge in [-0.1, -0.05) is 42.5 Å². The molecule has 3 aromatic rings. The molecule has 1 heterocycles. The predicted octanol–water partition coefficient (Wildman–Crippen LogP) is 2.74. The van der Waals surface area contributed by atoms with Crippen LogP contribution in [0, 0.1) is 0 Å². The number of carbonyl (C=O) groups is 1. The summed E-state index contributed by atoms with van der Waals surface area (Å²) in [6.45, 7) is 0. The molecule has 1 atom stereocenters. The number of amides is 1. The molecule has 2 aromatic carbocycles. The molecule has 126 valence electrons. The van der Waals surface area contributed by atoms with Crippen molar-refractivity contribution in [2.24, 2.45) is 7.05 Å². The number of benzene rings is 2. The zero-order chi connectivity index (χ0) is 17.4. The zero-order valence-electron chi connectivity index (χ0n) is 14.0. The molecule has 25 heavy (non-hydrogen) atoms. The molecule has 0 fully saturated rings. The van der Waals surface area contributed by atoms with Gasteiger partial charge in [0.15, 0.2) is 5.69 Å². The highest BCUT2D eigenvalue weighted by atomic mass is 16.2. The van der Waals surface area contributed by atoms with E-state index < -0.39 is 0 Å². The number of carbonyl (C=O) groups excluding carboxylic acids is 1. The van der Waals surface area contributed by atoms with Crippen LogP contribution in [-0.4, -0.2) is 15.7 Å². The summed E-state index contributed by atoms with van der Waals surface area (Å²) in [5.41, 5.74) is 2.56. The molecule has 0 aliphatic heterocycles. The summed E-state index contributed by atoms with van der Waals surface area (Å²) >= 11 is 0. The lowest BCUT2D eigenvalue weighted by molar-refractivity contribution is 0.0927. The standard InChI is InChI=1S/C20H19N3O2/c1-23-20(25)16-11-5-4-10-15(16)18(22-23)19(24)21-17-12-6-8-13-7-2-3-9-14(13)17/h2-5,7,9-11,17H,6,8,12H2,1H3,(H,21,24). The maximum absolute atomic E-state index is 12.9. The second kappa shape index (κ2) is 6.16. The lowest BCUT2D eigenvalue weighted by atomic mass is 9.87. The predicted molar refractivity (Wildman–Crippen MR) is 96.6 cm³/mol. The van der Waals surface area contributed by atoms with Gasteiger partial charge >= 0.3 is 0 Å². The molecule has 0 radical (unpaired) electrons. The zero-order valence-corrected chi connectivity index (χ0v) is 14.0. The van der Waals surface area contributed by atoms with Gasteiger partial charge in [0, 0.05) is 12.4 Å². The van der Waals surface area contributed by atoms with E-state index in [0.29, 0.717) is 16.5 Å². The summed E-state index contributed by atoms with van der Waals surface area (Å²) in [7, 11) is 1.57. The Morgan fingerprint density at radius 1 is 1.12 bits per heavy atom. The Morgan fingerprint density at radius 3 is 2.68 bits per heavy atom. The fourth-order valence-corrected chi connectivity index (χ4v) is 3.60. The first-order valence-electron chi connectivity index (χ1n) is 8.50. The number of fused-ring (bicyclic) bond motifs is 2. The van der Waals surface area contributed by atoms with E-state index in [9.17, 15) is 9.59 Å². The van der Waals surface area contributed by atoms with Crippen LogP contribution in [-0.2, 0) is 13.5 Å². The van der Waals surface area contributed by atoms with Crippen LogP contribution in [0.15, 0.2) is 53.3 Å². The average molecular weight is 333 g/mol. The Labute approximate surface area is 145 Å². The lowest BCUT2D eigenvalue weighted by Gasteiger charge is -2.26. The van der Waals surface area contributed by atoms with Gasteiger partial charge in [0.25, 0.3) is 11.5 Å². The molecule has 1 amide bonds. The van der Waals surface area contributed by atoms with Gasteiger partial charge in [-0.15, -0.1) is 0 Å². The number of nitrogens with zero attached hydrogens (tertiary/aromatic N) is 2. The monoisotopic (exact) mass is 333 g/mol. The summed E-state index contributed by atoms with van der Waals surface area (Å²) in [5, 5.41) is 8.43. The fourth-order valence-electron chi connectivity index (χ4n) is 3.60. The van der Waals surface area contributed by atoms with E-state index in [-0.39, 0.29) is 17.5 Å². The van der Waals surface area contributed by atoms with Crippen LogP contribution in [0.1, 0.15) is 40.5 Å². The number of rotatable bonds is 2. The van der Waals surface area contributed by atoms with Crippen LogP contribution < -0.4 is 10.9 Å². The average Bonchev–Trinajstić information content (AvgIpc) is 2.65. The largest absolute Gasteiger partial charge is 0.344 e. The van der Waals surface area contributed by atoms with E-state index >= 15 is 0 Å². The van der Waals surface area contributed by atoms with Crippen LogP contribution in [0.2, 0.25) is 0 Å². The number of hydrogen-bond acceptors (Lipinski definition) is 3. The van der Waals surface area contributed by atoms with E-state index in [4.69, 9.17) is 0 Å². The molecule has 1 aliphatic carbocycles. The number of hydrogen-bond donors (Lipinski definition) is 1. The molecule has 5 heteroatoms. The second-order valence-electron chi connectivity index (χ2n) is 6.44. The van der Waals surface area contributed by atoms with E-state index in [1.165, 1.54) is 15.8 Å². The highest BCUT2D eigenvalue weighted by Crippen LogP contribution is 2.29. The van der Waals surface area contributed by atoms with Gasteiger partial charge in [-0.3, -0.25) is 9.59 Å².